The van der Waals surface area contributed by atoms with E-state index in [0.717, 1.165) is 17.1 Å². The number of hydrogen-bond acceptors (Lipinski definition) is 5. The lowest BCUT2D eigenvalue weighted by molar-refractivity contribution is -0.0265. The molecule has 3 heterocycles. The largest absolute Gasteiger partial charge is 0.366 e. The number of rotatable bonds is 4. The summed E-state index contributed by atoms with van der Waals surface area (Å²) in [6.07, 6.45) is 2.98. The topological polar surface area (TPSA) is 71.1 Å². The number of aryl methyl sites for hydroxylation is 1. The van der Waals surface area contributed by atoms with E-state index in [4.69, 9.17) is 4.74 Å². The van der Waals surface area contributed by atoms with Crippen molar-refractivity contribution in [3.05, 3.63) is 33.5 Å². The Morgan fingerprint density at radius 1 is 1.52 bits per heavy atom. The van der Waals surface area contributed by atoms with Crippen LogP contribution in [0.25, 0.3) is 0 Å². The maximum absolute atomic E-state index is 12.9. The molecule has 0 radical (unpaired) electrons. The Balaban J connectivity index is 1.50. The molecular weight excluding hydrogens is 312 g/mol. The number of nitrogens with zero attached hydrogens (tertiary/aromatic N) is 3. The minimum Gasteiger partial charge on any atom is -0.366 e. The minimum absolute atomic E-state index is 0.126. The normalized spacial score (nSPS) is 21.6. The molecule has 1 N–H and O–H groups in total. The average Bonchev–Trinajstić information content (AvgIpc) is 3.14. The van der Waals surface area contributed by atoms with E-state index >= 15 is 0 Å². The Hall–Kier alpha value is -1.73. The second kappa shape index (κ2) is 6.05. The van der Waals surface area contributed by atoms with Crippen molar-refractivity contribution >= 4 is 17.2 Å². The lowest BCUT2D eigenvalue weighted by Crippen LogP contribution is -2.42. The van der Waals surface area contributed by atoms with Crippen molar-refractivity contribution in [2.75, 3.05) is 19.7 Å². The standard InChI is InChI=1S/C16H20N4O2S/c1-2-13-17-15(19-18-13)12-9-20(6-7-22-12)16(21)14-11(5-8-23-14)10-3-4-10/h5,8,10,12H,2-4,6-7,9H2,1H3,(H,17,18,19)/t12-/m0/s1. The number of thiophene rings is 1. The van der Waals surface area contributed by atoms with Crippen molar-refractivity contribution in [2.24, 2.45) is 0 Å². The summed E-state index contributed by atoms with van der Waals surface area (Å²) in [4.78, 5) is 20.1. The molecule has 1 saturated heterocycles. The molecule has 7 heteroatoms. The van der Waals surface area contributed by atoms with Gasteiger partial charge in [-0.1, -0.05) is 6.92 Å². The molecule has 1 aliphatic heterocycles. The van der Waals surface area contributed by atoms with Crippen LogP contribution in [0.2, 0.25) is 0 Å². The number of morpholine rings is 1. The number of ether oxygens (including phenoxy) is 1. The van der Waals surface area contributed by atoms with E-state index in [2.05, 4.69) is 21.2 Å². The van der Waals surface area contributed by atoms with E-state index in [1.807, 2.05) is 17.2 Å². The van der Waals surface area contributed by atoms with Crippen molar-refractivity contribution < 1.29 is 9.53 Å². The van der Waals surface area contributed by atoms with Crippen LogP contribution in [0.5, 0.6) is 0 Å². The van der Waals surface area contributed by atoms with Gasteiger partial charge in [0.25, 0.3) is 5.91 Å². The molecule has 1 aliphatic carbocycles. The highest BCUT2D eigenvalue weighted by molar-refractivity contribution is 7.12. The molecule has 1 atom stereocenters. The SMILES string of the molecule is CCc1nc([C@@H]2CN(C(=O)c3sccc3C3CC3)CCO2)n[nH]1. The molecule has 1 amide bonds. The van der Waals surface area contributed by atoms with Crippen LogP contribution in [0.3, 0.4) is 0 Å². The van der Waals surface area contributed by atoms with E-state index in [0.29, 0.717) is 31.4 Å². The Labute approximate surface area is 138 Å². The molecule has 0 spiro atoms. The maximum atomic E-state index is 12.9. The number of hydrogen-bond donors (Lipinski definition) is 1. The van der Waals surface area contributed by atoms with Crippen LogP contribution in [0.15, 0.2) is 11.4 Å². The molecule has 2 aromatic heterocycles. The van der Waals surface area contributed by atoms with Crippen molar-refractivity contribution in [3.8, 4) is 0 Å². The predicted octanol–water partition coefficient (Wildman–Crippen LogP) is 2.52. The highest BCUT2D eigenvalue weighted by Gasteiger charge is 2.33. The van der Waals surface area contributed by atoms with E-state index in [1.165, 1.54) is 18.4 Å². The highest BCUT2D eigenvalue weighted by atomic mass is 32.1. The maximum Gasteiger partial charge on any atom is 0.264 e. The summed E-state index contributed by atoms with van der Waals surface area (Å²) < 4.78 is 5.77. The van der Waals surface area contributed by atoms with Crippen molar-refractivity contribution in [3.63, 3.8) is 0 Å². The number of nitrogens with one attached hydrogen (secondary N) is 1. The van der Waals surface area contributed by atoms with Crippen LogP contribution in [-0.4, -0.2) is 45.7 Å². The van der Waals surface area contributed by atoms with Crippen LogP contribution < -0.4 is 0 Å². The van der Waals surface area contributed by atoms with Gasteiger partial charge in [-0.25, -0.2) is 4.98 Å². The van der Waals surface area contributed by atoms with Crippen LogP contribution in [-0.2, 0) is 11.2 Å². The van der Waals surface area contributed by atoms with Gasteiger partial charge in [0.05, 0.1) is 18.0 Å². The van der Waals surface area contributed by atoms with E-state index in [9.17, 15) is 4.79 Å². The predicted molar refractivity (Wildman–Crippen MR) is 86.7 cm³/mol. The summed E-state index contributed by atoms with van der Waals surface area (Å²) in [7, 11) is 0. The molecule has 4 rings (SSSR count). The lowest BCUT2D eigenvalue weighted by atomic mass is 10.1. The van der Waals surface area contributed by atoms with Crippen molar-refractivity contribution in [1.82, 2.24) is 20.1 Å². The van der Waals surface area contributed by atoms with E-state index in [1.54, 1.807) is 11.3 Å². The first-order valence-electron chi connectivity index (χ1n) is 8.15. The first-order chi connectivity index (χ1) is 11.3. The highest BCUT2D eigenvalue weighted by Crippen LogP contribution is 2.43. The Kier molecular flexibility index (Phi) is 3.90. The molecule has 0 unspecified atom stereocenters. The minimum atomic E-state index is -0.242. The third-order valence-electron chi connectivity index (χ3n) is 4.43. The van der Waals surface area contributed by atoms with Crippen LogP contribution in [0.1, 0.15) is 58.7 Å². The molecule has 1 saturated carbocycles. The summed E-state index contributed by atoms with van der Waals surface area (Å²) in [5.41, 5.74) is 1.23. The van der Waals surface area contributed by atoms with Gasteiger partial charge < -0.3 is 9.64 Å². The van der Waals surface area contributed by atoms with Gasteiger partial charge in [0, 0.05) is 13.0 Å². The van der Waals surface area contributed by atoms with Gasteiger partial charge in [0.2, 0.25) is 0 Å². The fraction of sp³-hybridized carbons (Fsp3) is 0.562. The van der Waals surface area contributed by atoms with Crippen molar-refractivity contribution in [1.29, 1.82) is 0 Å². The molecule has 122 valence electrons. The smallest absolute Gasteiger partial charge is 0.264 e. The number of H-pyrrole nitrogens is 1. The molecule has 6 nitrogen and oxygen atoms in total. The van der Waals surface area contributed by atoms with E-state index in [-0.39, 0.29) is 12.0 Å². The number of carbonyl (C=O) groups excluding carboxylic acids is 1. The van der Waals surface area contributed by atoms with E-state index < -0.39 is 0 Å². The molecule has 0 aromatic carbocycles. The zero-order chi connectivity index (χ0) is 15.8. The molecule has 2 aromatic rings. The van der Waals surface area contributed by atoms with Crippen molar-refractivity contribution in [2.45, 2.75) is 38.2 Å². The molecule has 2 aliphatic rings. The van der Waals surface area contributed by atoms with Gasteiger partial charge in [-0.2, -0.15) is 5.10 Å². The fourth-order valence-electron chi connectivity index (χ4n) is 2.95. The Morgan fingerprint density at radius 2 is 2.39 bits per heavy atom. The van der Waals surface area contributed by atoms with Crippen LogP contribution in [0, 0.1) is 0 Å². The molecular formula is C16H20N4O2S. The van der Waals surface area contributed by atoms with Gasteiger partial charge in [-0.05, 0) is 35.8 Å². The third-order valence-corrected chi connectivity index (χ3v) is 5.35. The summed E-state index contributed by atoms with van der Waals surface area (Å²) in [5.74, 6) is 2.22. The van der Waals surface area contributed by atoms with Gasteiger partial charge >= 0.3 is 0 Å². The first-order valence-corrected chi connectivity index (χ1v) is 9.03. The Morgan fingerprint density at radius 3 is 3.13 bits per heavy atom. The van der Waals surface area contributed by atoms with Gasteiger partial charge in [0.1, 0.15) is 11.9 Å². The number of aromatic nitrogens is 3. The quantitative estimate of drug-likeness (QED) is 0.934. The summed E-state index contributed by atoms with van der Waals surface area (Å²) in [6.45, 7) is 3.69. The summed E-state index contributed by atoms with van der Waals surface area (Å²) in [6, 6.07) is 2.11. The molecule has 23 heavy (non-hydrogen) atoms. The third kappa shape index (κ3) is 2.90. The zero-order valence-corrected chi connectivity index (χ0v) is 13.9. The Bertz CT molecular complexity index is 707. The first kappa shape index (κ1) is 14.8. The second-order valence-electron chi connectivity index (χ2n) is 6.08. The van der Waals surface area contributed by atoms with Crippen LogP contribution >= 0.6 is 11.3 Å². The van der Waals surface area contributed by atoms with Gasteiger partial charge in [-0.3, -0.25) is 9.89 Å². The summed E-state index contributed by atoms with van der Waals surface area (Å²) in [5, 5.41) is 9.17. The second-order valence-corrected chi connectivity index (χ2v) is 7.00. The molecule has 2 fully saturated rings. The van der Waals surface area contributed by atoms with Gasteiger partial charge in [-0.15, -0.1) is 11.3 Å². The fourth-order valence-corrected chi connectivity index (χ4v) is 3.91. The number of aromatic amines is 1. The monoisotopic (exact) mass is 332 g/mol. The molecule has 0 bridgehead atoms. The zero-order valence-electron chi connectivity index (χ0n) is 13.1. The number of carbonyl (C=O) groups is 1. The summed E-state index contributed by atoms with van der Waals surface area (Å²) >= 11 is 1.55. The average molecular weight is 332 g/mol. The van der Waals surface area contributed by atoms with Crippen LogP contribution in [0.4, 0.5) is 0 Å². The lowest BCUT2D eigenvalue weighted by Gasteiger charge is -2.31. The van der Waals surface area contributed by atoms with Gasteiger partial charge in [0.15, 0.2) is 5.82 Å². The number of amides is 1.